The van der Waals surface area contributed by atoms with Gasteiger partial charge in [-0.05, 0) is 5.56 Å². The van der Waals surface area contributed by atoms with Crippen LogP contribution in [0.2, 0.25) is 0 Å². The summed E-state index contributed by atoms with van der Waals surface area (Å²) in [5.74, 6) is -2.63. The molecule has 0 aliphatic carbocycles. The maximum absolute atomic E-state index is 11.3. The van der Waals surface area contributed by atoms with Crippen molar-refractivity contribution in [3.8, 4) is 0 Å². The van der Waals surface area contributed by atoms with Gasteiger partial charge >= 0.3 is 5.97 Å². The van der Waals surface area contributed by atoms with Gasteiger partial charge in [-0.15, -0.1) is 0 Å². The molecule has 5 heteroatoms. The molecule has 1 N–H and O–H groups in total. The van der Waals surface area contributed by atoms with Gasteiger partial charge in [0.05, 0.1) is 18.5 Å². The molecule has 92 valence electrons. The summed E-state index contributed by atoms with van der Waals surface area (Å²) in [7, 11) is 0. The van der Waals surface area contributed by atoms with Gasteiger partial charge in [0.15, 0.2) is 5.78 Å². The van der Waals surface area contributed by atoms with Gasteiger partial charge in [-0.1, -0.05) is 46.3 Å². The first-order valence-electron chi connectivity index (χ1n) is 5.08. The third-order valence-electron chi connectivity index (χ3n) is 2.21. The number of halogens is 1. The summed E-state index contributed by atoms with van der Waals surface area (Å²) in [6.07, 6.45) is 0. The lowest BCUT2D eigenvalue weighted by Crippen LogP contribution is -2.29. The van der Waals surface area contributed by atoms with Crippen molar-refractivity contribution < 1.29 is 19.4 Å². The Morgan fingerprint density at radius 2 is 1.94 bits per heavy atom. The molecular weight excluding hydrogens is 288 g/mol. The van der Waals surface area contributed by atoms with Gasteiger partial charge in [-0.25, -0.2) is 0 Å². The molecule has 1 unspecified atom stereocenters. The number of ketones is 1. The highest BCUT2D eigenvalue weighted by atomic mass is 79.9. The average molecular weight is 301 g/mol. The monoisotopic (exact) mass is 300 g/mol. The quantitative estimate of drug-likeness (QED) is 0.617. The number of carboxylic acids is 1. The van der Waals surface area contributed by atoms with Crippen molar-refractivity contribution in [2.24, 2.45) is 5.92 Å². The van der Waals surface area contributed by atoms with Crippen LogP contribution in [0.4, 0.5) is 0 Å². The molecule has 0 aliphatic rings. The maximum Gasteiger partial charge on any atom is 0.316 e. The molecule has 0 saturated carbocycles. The van der Waals surface area contributed by atoms with E-state index in [0.29, 0.717) is 6.61 Å². The molecular formula is C12H13BrO4. The van der Waals surface area contributed by atoms with E-state index >= 15 is 0 Å². The van der Waals surface area contributed by atoms with Crippen LogP contribution in [0.3, 0.4) is 0 Å². The Labute approximate surface area is 108 Å². The summed E-state index contributed by atoms with van der Waals surface area (Å²) in [6, 6.07) is 9.39. The van der Waals surface area contributed by atoms with Crippen LogP contribution >= 0.6 is 15.9 Å². The SMILES string of the molecule is O=C(O)C(COCc1ccccc1)C(=O)CBr. The lowest BCUT2D eigenvalue weighted by molar-refractivity contribution is -0.148. The van der Waals surface area contributed by atoms with Crippen LogP contribution in [-0.4, -0.2) is 28.8 Å². The van der Waals surface area contributed by atoms with E-state index in [1.54, 1.807) is 0 Å². The number of ether oxygens (including phenoxy) is 1. The Hall–Kier alpha value is -1.20. The van der Waals surface area contributed by atoms with Crippen molar-refractivity contribution in [3.63, 3.8) is 0 Å². The zero-order valence-electron chi connectivity index (χ0n) is 9.14. The number of hydrogen-bond donors (Lipinski definition) is 1. The predicted molar refractivity (Wildman–Crippen MR) is 66.0 cm³/mol. The van der Waals surface area contributed by atoms with E-state index in [0.717, 1.165) is 5.56 Å². The smallest absolute Gasteiger partial charge is 0.316 e. The van der Waals surface area contributed by atoms with Gasteiger partial charge in [0, 0.05) is 0 Å². The molecule has 1 atom stereocenters. The number of carbonyl (C=O) groups is 2. The predicted octanol–water partition coefficient (Wildman–Crippen LogP) is 1.87. The molecule has 1 aromatic rings. The molecule has 0 radical (unpaired) electrons. The average Bonchev–Trinajstić information content (AvgIpc) is 2.34. The van der Waals surface area contributed by atoms with E-state index in [4.69, 9.17) is 9.84 Å². The standard InChI is InChI=1S/C12H13BrO4/c13-6-11(14)10(12(15)16)8-17-7-9-4-2-1-3-5-9/h1-5,10H,6-8H2,(H,15,16). The number of alkyl halides is 1. The number of carbonyl (C=O) groups excluding carboxylic acids is 1. The third kappa shape index (κ3) is 4.66. The molecule has 0 aliphatic heterocycles. The molecule has 1 rings (SSSR count). The minimum Gasteiger partial charge on any atom is -0.481 e. The summed E-state index contributed by atoms with van der Waals surface area (Å²) in [5.41, 5.74) is 0.947. The highest BCUT2D eigenvalue weighted by Crippen LogP contribution is 2.06. The third-order valence-corrected chi connectivity index (χ3v) is 2.77. The number of Topliss-reactive ketones (excluding diaryl/α,β-unsaturated/α-hetero) is 1. The molecule has 0 bridgehead atoms. The van der Waals surface area contributed by atoms with E-state index in [1.807, 2.05) is 30.3 Å². The maximum atomic E-state index is 11.3. The lowest BCUT2D eigenvalue weighted by Gasteiger charge is -2.10. The van der Waals surface area contributed by atoms with Gasteiger partial charge in [0.2, 0.25) is 0 Å². The fraction of sp³-hybridized carbons (Fsp3) is 0.333. The van der Waals surface area contributed by atoms with Crippen molar-refractivity contribution in [2.75, 3.05) is 11.9 Å². The second-order valence-electron chi connectivity index (χ2n) is 3.49. The van der Waals surface area contributed by atoms with E-state index in [1.165, 1.54) is 0 Å². The summed E-state index contributed by atoms with van der Waals surface area (Å²) in [6.45, 7) is 0.203. The van der Waals surface area contributed by atoms with Crippen LogP contribution < -0.4 is 0 Å². The minimum absolute atomic E-state index is 0.0265. The van der Waals surface area contributed by atoms with Crippen LogP contribution in [0.5, 0.6) is 0 Å². The first kappa shape index (κ1) is 13.9. The number of benzene rings is 1. The molecule has 1 aromatic carbocycles. The highest BCUT2D eigenvalue weighted by Gasteiger charge is 2.25. The van der Waals surface area contributed by atoms with E-state index in [9.17, 15) is 9.59 Å². The molecule has 17 heavy (non-hydrogen) atoms. The van der Waals surface area contributed by atoms with Crippen molar-refractivity contribution in [3.05, 3.63) is 35.9 Å². The zero-order valence-corrected chi connectivity index (χ0v) is 10.7. The van der Waals surface area contributed by atoms with Crippen LogP contribution in [0, 0.1) is 5.92 Å². The Balaban J connectivity index is 2.43. The van der Waals surface area contributed by atoms with E-state index < -0.39 is 11.9 Å². The van der Waals surface area contributed by atoms with Gasteiger partial charge in [0.1, 0.15) is 5.92 Å². The summed E-state index contributed by atoms with van der Waals surface area (Å²) >= 11 is 2.95. The first-order chi connectivity index (χ1) is 8.15. The first-order valence-corrected chi connectivity index (χ1v) is 6.20. The summed E-state index contributed by atoms with van der Waals surface area (Å²) in [5, 5.41) is 8.88. The van der Waals surface area contributed by atoms with E-state index in [-0.39, 0.29) is 17.7 Å². The second-order valence-corrected chi connectivity index (χ2v) is 4.05. The molecule has 0 spiro atoms. The Morgan fingerprint density at radius 1 is 1.29 bits per heavy atom. The highest BCUT2D eigenvalue weighted by molar-refractivity contribution is 9.09. The minimum atomic E-state index is -1.15. The normalized spacial score (nSPS) is 12.1. The van der Waals surface area contributed by atoms with Crippen LogP contribution in [-0.2, 0) is 20.9 Å². The van der Waals surface area contributed by atoms with Crippen LogP contribution in [0.25, 0.3) is 0 Å². The topological polar surface area (TPSA) is 63.6 Å². The molecule has 0 aromatic heterocycles. The molecule has 0 saturated heterocycles. The fourth-order valence-electron chi connectivity index (χ4n) is 1.26. The van der Waals surface area contributed by atoms with Gasteiger partial charge in [-0.3, -0.25) is 9.59 Å². The molecule has 0 fully saturated rings. The van der Waals surface area contributed by atoms with Crippen LogP contribution in [0.15, 0.2) is 30.3 Å². The number of rotatable bonds is 7. The van der Waals surface area contributed by atoms with Crippen molar-refractivity contribution in [1.82, 2.24) is 0 Å². The summed E-state index contributed by atoms with van der Waals surface area (Å²) in [4.78, 5) is 22.1. The Morgan fingerprint density at radius 3 is 2.47 bits per heavy atom. The zero-order chi connectivity index (χ0) is 12.7. The van der Waals surface area contributed by atoms with Gasteiger partial charge < -0.3 is 9.84 Å². The van der Waals surface area contributed by atoms with Crippen molar-refractivity contribution >= 4 is 27.7 Å². The van der Waals surface area contributed by atoms with Gasteiger partial charge in [-0.2, -0.15) is 0 Å². The Bertz CT molecular complexity index is 377. The van der Waals surface area contributed by atoms with Crippen LogP contribution in [0.1, 0.15) is 5.56 Å². The van der Waals surface area contributed by atoms with Crippen molar-refractivity contribution in [2.45, 2.75) is 6.61 Å². The van der Waals surface area contributed by atoms with Crippen molar-refractivity contribution in [1.29, 1.82) is 0 Å². The fourth-order valence-corrected chi connectivity index (χ4v) is 1.65. The van der Waals surface area contributed by atoms with E-state index in [2.05, 4.69) is 15.9 Å². The lowest BCUT2D eigenvalue weighted by atomic mass is 10.1. The Kier molecular flexibility index (Phi) is 5.86. The molecule has 0 heterocycles. The number of hydrogen-bond acceptors (Lipinski definition) is 3. The second kappa shape index (κ2) is 7.19. The van der Waals surface area contributed by atoms with Gasteiger partial charge in [0.25, 0.3) is 0 Å². The largest absolute Gasteiger partial charge is 0.481 e. The number of carboxylic acid groups (broad SMARTS) is 1. The number of aliphatic carboxylic acids is 1. The molecule has 0 amide bonds. The molecule has 4 nitrogen and oxygen atoms in total. The summed E-state index contributed by atoms with van der Waals surface area (Å²) < 4.78 is 5.24.